The maximum Gasteiger partial charge on any atom is 0.0356 e. The molecule has 0 unspecified atom stereocenters. The van der Waals surface area contributed by atoms with Gasteiger partial charge in [-0.15, -0.1) is 0 Å². The zero-order valence-corrected chi connectivity index (χ0v) is 9.69. The van der Waals surface area contributed by atoms with Crippen LogP contribution in [0.5, 0.6) is 0 Å². The van der Waals surface area contributed by atoms with Crippen molar-refractivity contribution in [2.24, 2.45) is 0 Å². The Kier molecular flexibility index (Phi) is 3.78. The molecule has 1 N–H and O–H groups in total. The van der Waals surface area contributed by atoms with Crippen molar-refractivity contribution in [2.45, 2.75) is 19.5 Å². The average molecular weight is 214 g/mol. The largest absolute Gasteiger partial charge is 0.350 e. The molecular formula is C14H18N2. The molecule has 2 heteroatoms. The van der Waals surface area contributed by atoms with Crippen molar-refractivity contribution in [1.82, 2.24) is 9.88 Å². The van der Waals surface area contributed by atoms with Gasteiger partial charge < -0.3 is 9.88 Å². The molecule has 16 heavy (non-hydrogen) atoms. The molecule has 0 bridgehead atoms. The minimum atomic E-state index is 0.932. The molecule has 0 aliphatic rings. The fourth-order valence-corrected chi connectivity index (χ4v) is 1.90. The maximum absolute atomic E-state index is 3.19. The van der Waals surface area contributed by atoms with Crippen LogP contribution in [-0.4, -0.2) is 11.6 Å². The quantitative estimate of drug-likeness (QED) is 0.809. The Hall–Kier alpha value is -1.54. The van der Waals surface area contributed by atoms with Gasteiger partial charge in [0.25, 0.3) is 0 Å². The maximum atomic E-state index is 3.19. The number of rotatable bonds is 5. The van der Waals surface area contributed by atoms with Gasteiger partial charge in [0, 0.05) is 25.0 Å². The van der Waals surface area contributed by atoms with E-state index in [9.17, 15) is 0 Å². The fraction of sp³-hybridized carbons (Fsp3) is 0.286. The Morgan fingerprint density at radius 2 is 1.88 bits per heavy atom. The molecule has 2 nitrogen and oxygen atoms in total. The Labute approximate surface area is 96.9 Å². The van der Waals surface area contributed by atoms with Crippen molar-refractivity contribution in [1.29, 1.82) is 0 Å². The van der Waals surface area contributed by atoms with E-state index in [0.29, 0.717) is 0 Å². The Morgan fingerprint density at radius 3 is 2.62 bits per heavy atom. The molecule has 0 saturated heterocycles. The van der Waals surface area contributed by atoms with Crippen molar-refractivity contribution in [3.63, 3.8) is 0 Å². The summed E-state index contributed by atoms with van der Waals surface area (Å²) in [5.74, 6) is 0. The summed E-state index contributed by atoms with van der Waals surface area (Å²) in [7, 11) is 1.98. The first-order chi connectivity index (χ1) is 7.90. The summed E-state index contributed by atoms with van der Waals surface area (Å²) in [5.41, 5.74) is 2.74. The minimum Gasteiger partial charge on any atom is -0.350 e. The van der Waals surface area contributed by atoms with E-state index < -0.39 is 0 Å². The highest BCUT2D eigenvalue weighted by Gasteiger charge is 1.99. The first kappa shape index (κ1) is 11.0. The van der Waals surface area contributed by atoms with Crippen molar-refractivity contribution in [3.05, 3.63) is 59.9 Å². The predicted octanol–water partition coefficient (Wildman–Crippen LogP) is 2.45. The minimum absolute atomic E-state index is 0.932. The lowest BCUT2D eigenvalue weighted by Crippen LogP contribution is -2.11. The van der Waals surface area contributed by atoms with Crippen LogP contribution in [0.3, 0.4) is 0 Å². The lowest BCUT2D eigenvalue weighted by atomic mass is 10.1. The Bertz CT molecular complexity index is 417. The first-order valence-corrected chi connectivity index (χ1v) is 5.72. The van der Waals surface area contributed by atoms with Gasteiger partial charge in [0.1, 0.15) is 0 Å². The van der Waals surface area contributed by atoms with Gasteiger partial charge in [0.2, 0.25) is 0 Å². The molecule has 0 aliphatic carbocycles. The van der Waals surface area contributed by atoms with E-state index in [1.165, 1.54) is 11.3 Å². The molecule has 1 aromatic heterocycles. The molecule has 2 rings (SSSR count). The third-order valence-corrected chi connectivity index (χ3v) is 2.77. The lowest BCUT2D eigenvalue weighted by Gasteiger charge is -2.08. The Morgan fingerprint density at radius 1 is 1.06 bits per heavy atom. The summed E-state index contributed by atoms with van der Waals surface area (Å²) in [6.07, 6.45) is 3.24. The molecule has 1 aromatic carbocycles. The number of hydrogen-bond donors (Lipinski definition) is 1. The molecule has 0 amide bonds. The first-order valence-electron chi connectivity index (χ1n) is 5.72. The monoisotopic (exact) mass is 214 g/mol. The SMILES string of the molecule is CNCc1cccn1CCc1ccccc1. The molecule has 1 heterocycles. The van der Waals surface area contributed by atoms with Gasteiger partial charge in [-0.2, -0.15) is 0 Å². The van der Waals surface area contributed by atoms with Gasteiger partial charge >= 0.3 is 0 Å². The second-order valence-corrected chi connectivity index (χ2v) is 3.96. The number of hydrogen-bond acceptors (Lipinski definition) is 1. The molecule has 84 valence electrons. The Balaban J connectivity index is 1.97. The van der Waals surface area contributed by atoms with E-state index >= 15 is 0 Å². The average Bonchev–Trinajstić information content (AvgIpc) is 2.76. The van der Waals surface area contributed by atoms with E-state index in [2.05, 4.69) is 58.5 Å². The van der Waals surface area contributed by atoms with Gasteiger partial charge in [0.15, 0.2) is 0 Å². The van der Waals surface area contributed by atoms with Gasteiger partial charge in [0.05, 0.1) is 0 Å². The molecule has 0 saturated carbocycles. The number of aryl methyl sites for hydroxylation is 2. The third kappa shape index (κ3) is 2.74. The van der Waals surface area contributed by atoms with Gasteiger partial charge in [-0.1, -0.05) is 30.3 Å². The molecule has 2 aromatic rings. The van der Waals surface area contributed by atoms with E-state index in [-0.39, 0.29) is 0 Å². The zero-order chi connectivity index (χ0) is 11.2. The van der Waals surface area contributed by atoms with Crippen molar-refractivity contribution in [2.75, 3.05) is 7.05 Å². The number of benzene rings is 1. The summed E-state index contributed by atoms with van der Waals surface area (Å²) >= 11 is 0. The van der Waals surface area contributed by atoms with Crippen LogP contribution in [0.2, 0.25) is 0 Å². The normalized spacial score (nSPS) is 10.6. The smallest absolute Gasteiger partial charge is 0.0356 e. The third-order valence-electron chi connectivity index (χ3n) is 2.77. The van der Waals surface area contributed by atoms with Crippen molar-refractivity contribution >= 4 is 0 Å². The summed E-state index contributed by atoms with van der Waals surface area (Å²) in [6.45, 7) is 1.98. The topological polar surface area (TPSA) is 17.0 Å². The highest BCUT2D eigenvalue weighted by atomic mass is 15.0. The predicted molar refractivity (Wildman–Crippen MR) is 67.3 cm³/mol. The van der Waals surface area contributed by atoms with Crippen LogP contribution in [0.15, 0.2) is 48.7 Å². The number of nitrogens with one attached hydrogen (secondary N) is 1. The van der Waals surface area contributed by atoms with Crippen LogP contribution >= 0.6 is 0 Å². The van der Waals surface area contributed by atoms with E-state index in [4.69, 9.17) is 0 Å². The van der Waals surface area contributed by atoms with Crippen LogP contribution in [0.4, 0.5) is 0 Å². The highest BCUT2D eigenvalue weighted by Crippen LogP contribution is 2.06. The zero-order valence-electron chi connectivity index (χ0n) is 9.69. The molecule has 0 fully saturated rings. The van der Waals surface area contributed by atoms with Gasteiger partial charge in [-0.05, 0) is 31.2 Å². The standard InChI is InChI=1S/C14H18N2/c1-15-12-14-8-5-10-16(14)11-9-13-6-3-2-4-7-13/h2-8,10,15H,9,11-12H2,1H3. The van der Waals surface area contributed by atoms with Gasteiger partial charge in [-0.3, -0.25) is 0 Å². The van der Waals surface area contributed by atoms with E-state index in [1.807, 2.05) is 7.05 Å². The fourth-order valence-electron chi connectivity index (χ4n) is 1.90. The van der Waals surface area contributed by atoms with E-state index in [0.717, 1.165) is 19.5 Å². The van der Waals surface area contributed by atoms with Gasteiger partial charge in [-0.25, -0.2) is 0 Å². The summed E-state index contributed by atoms with van der Waals surface area (Å²) in [6, 6.07) is 14.9. The second kappa shape index (κ2) is 5.52. The molecule has 0 radical (unpaired) electrons. The summed E-state index contributed by atoms with van der Waals surface area (Å²) in [4.78, 5) is 0. The van der Waals surface area contributed by atoms with Crippen molar-refractivity contribution in [3.8, 4) is 0 Å². The number of nitrogens with zero attached hydrogens (tertiary/aromatic N) is 1. The second-order valence-electron chi connectivity index (χ2n) is 3.96. The van der Waals surface area contributed by atoms with Crippen LogP contribution in [0.25, 0.3) is 0 Å². The number of aromatic nitrogens is 1. The molecule has 0 spiro atoms. The molecule has 0 aliphatic heterocycles. The molecular weight excluding hydrogens is 196 g/mol. The summed E-state index contributed by atoms with van der Waals surface area (Å²) < 4.78 is 2.31. The lowest BCUT2D eigenvalue weighted by molar-refractivity contribution is 0.639. The van der Waals surface area contributed by atoms with Crippen LogP contribution in [0, 0.1) is 0 Å². The van der Waals surface area contributed by atoms with Crippen LogP contribution in [0.1, 0.15) is 11.3 Å². The van der Waals surface area contributed by atoms with Crippen LogP contribution < -0.4 is 5.32 Å². The van der Waals surface area contributed by atoms with E-state index in [1.54, 1.807) is 0 Å². The van der Waals surface area contributed by atoms with Crippen LogP contribution in [-0.2, 0) is 19.5 Å². The highest BCUT2D eigenvalue weighted by molar-refractivity contribution is 5.15. The summed E-state index contributed by atoms with van der Waals surface area (Å²) in [5, 5.41) is 3.19. The molecule has 0 atom stereocenters. The van der Waals surface area contributed by atoms with Crippen molar-refractivity contribution < 1.29 is 0 Å².